The van der Waals surface area contributed by atoms with Gasteiger partial charge in [0.25, 0.3) is 10.1 Å². The lowest BCUT2D eigenvalue weighted by Crippen LogP contribution is -2.47. The van der Waals surface area contributed by atoms with Crippen molar-refractivity contribution in [3.8, 4) is 0 Å². The van der Waals surface area contributed by atoms with Crippen LogP contribution in [0.25, 0.3) is 0 Å². The first-order valence-electron chi connectivity index (χ1n) is 7.54. The summed E-state index contributed by atoms with van der Waals surface area (Å²) in [5.41, 5.74) is 0.255. The second-order valence-electron chi connectivity index (χ2n) is 6.44. The van der Waals surface area contributed by atoms with Crippen molar-refractivity contribution in [3.05, 3.63) is 48.6 Å². The van der Waals surface area contributed by atoms with E-state index in [2.05, 4.69) is 11.9 Å². The van der Waals surface area contributed by atoms with Crippen LogP contribution in [-0.2, 0) is 25.5 Å². The maximum atomic E-state index is 12.1. The molecule has 7 heteroatoms. The topological polar surface area (TPSA) is 81.7 Å². The largest absolute Gasteiger partial charge is 0.444 e. The van der Waals surface area contributed by atoms with Gasteiger partial charge >= 0.3 is 6.09 Å². The zero-order valence-corrected chi connectivity index (χ0v) is 15.3. The van der Waals surface area contributed by atoms with Crippen molar-refractivity contribution < 1.29 is 22.1 Å². The highest BCUT2D eigenvalue weighted by Crippen LogP contribution is 2.13. The molecule has 0 aliphatic heterocycles. The number of ether oxygens (including phenoxy) is 1. The van der Waals surface area contributed by atoms with Gasteiger partial charge in [-0.25, -0.2) is 4.79 Å². The molecule has 1 aromatic rings. The van der Waals surface area contributed by atoms with E-state index in [1.165, 1.54) is 6.08 Å². The summed E-state index contributed by atoms with van der Waals surface area (Å²) in [5.74, 6) is 0. The van der Waals surface area contributed by atoms with Crippen LogP contribution in [0, 0.1) is 0 Å². The number of rotatable bonds is 7. The van der Waals surface area contributed by atoms with E-state index in [0.717, 1.165) is 11.8 Å². The molecule has 0 bridgehead atoms. The molecule has 0 fully saturated rings. The van der Waals surface area contributed by atoms with E-state index in [9.17, 15) is 13.2 Å². The first-order chi connectivity index (χ1) is 11.0. The van der Waals surface area contributed by atoms with E-state index in [0.29, 0.717) is 6.42 Å². The Balaban J connectivity index is 2.97. The number of nitrogens with one attached hydrogen (secondary N) is 1. The standard InChI is InChI=1S/C17H25NO5S/c1-6-15(23-24(5,20)21)14(12-13-10-8-7-9-11-13)18-16(19)22-17(2,3)4/h6-11,14-15H,1,12H2,2-5H3,(H,18,19). The summed E-state index contributed by atoms with van der Waals surface area (Å²) in [4.78, 5) is 12.1. The van der Waals surface area contributed by atoms with Gasteiger partial charge in [0.05, 0.1) is 12.3 Å². The Bertz CT molecular complexity index is 649. The first-order valence-corrected chi connectivity index (χ1v) is 9.36. The number of hydrogen-bond acceptors (Lipinski definition) is 5. The van der Waals surface area contributed by atoms with E-state index in [1.807, 2.05) is 30.3 Å². The van der Waals surface area contributed by atoms with E-state index in [4.69, 9.17) is 8.92 Å². The van der Waals surface area contributed by atoms with Gasteiger partial charge in [0.15, 0.2) is 0 Å². The van der Waals surface area contributed by atoms with Crippen molar-refractivity contribution in [1.29, 1.82) is 0 Å². The third-order valence-electron chi connectivity index (χ3n) is 2.92. The Morgan fingerprint density at radius 1 is 1.29 bits per heavy atom. The molecule has 0 radical (unpaired) electrons. The Hall–Kier alpha value is -1.86. The summed E-state index contributed by atoms with van der Waals surface area (Å²) in [6, 6.07) is 8.71. The molecule has 2 unspecified atom stereocenters. The van der Waals surface area contributed by atoms with Crippen LogP contribution in [0.1, 0.15) is 26.3 Å². The number of alkyl carbamates (subject to hydrolysis) is 1. The van der Waals surface area contributed by atoms with Crippen LogP contribution < -0.4 is 5.32 Å². The van der Waals surface area contributed by atoms with Crippen molar-refractivity contribution in [1.82, 2.24) is 5.32 Å². The molecule has 0 saturated heterocycles. The Labute approximate surface area is 144 Å². The van der Waals surface area contributed by atoms with Gasteiger partial charge in [-0.15, -0.1) is 6.58 Å². The first kappa shape index (κ1) is 20.2. The van der Waals surface area contributed by atoms with Crippen molar-refractivity contribution in [2.24, 2.45) is 0 Å². The summed E-state index contributed by atoms with van der Waals surface area (Å²) in [7, 11) is -3.71. The lowest BCUT2D eigenvalue weighted by atomic mass is 10.0. The molecule has 0 aromatic heterocycles. The highest BCUT2D eigenvalue weighted by Gasteiger charge is 2.27. The minimum Gasteiger partial charge on any atom is -0.444 e. The van der Waals surface area contributed by atoms with E-state index in [-0.39, 0.29) is 0 Å². The van der Waals surface area contributed by atoms with Gasteiger partial charge in [-0.3, -0.25) is 4.18 Å². The summed E-state index contributed by atoms with van der Waals surface area (Å²) >= 11 is 0. The minimum atomic E-state index is -3.71. The third kappa shape index (κ3) is 8.12. The zero-order chi connectivity index (χ0) is 18.4. The Kier molecular flexibility index (Phi) is 6.98. The molecule has 1 amide bonds. The van der Waals surface area contributed by atoms with Gasteiger partial charge in [0.1, 0.15) is 11.7 Å². The molecule has 1 N–H and O–H groups in total. The van der Waals surface area contributed by atoms with Crippen LogP contribution in [0.5, 0.6) is 0 Å². The molecule has 134 valence electrons. The molecule has 0 heterocycles. The van der Waals surface area contributed by atoms with Crippen LogP contribution in [0.4, 0.5) is 4.79 Å². The van der Waals surface area contributed by atoms with Gasteiger partial charge in [-0.1, -0.05) is 36.4 Å². The van der Waals surface area contributed by atoms with Crippen LogP contribution >= 0.6 is 0 Å². The Morgan fingerprint density at radius 3 is 2.33 bits per heavy atom. The molecule has 0 saturated carbocycles. The molecular formula is C17H25NO5S. The second kappa shape index (κ2) is 8.30. The van der Waals surface area contributed by atoms with E-state index >= 15 is 0 Å². The lowest BCUT2D eigenvalue weighted by Gasteiger charge is -2.27. The molecule has 6 nitrogen and oxygen atoms in total. The smallest absolute Gasteiger partial charge is 0.407 e. The summed E-state index contributed by atoms with van der Waals surface area (Å²) in [6.07, 6.45) is 1.12. The summed E-state index contributed by atoms with van der Waals surface area (Å²) < 4.78 is 33.2. The van der Waals surface area contributed by atoms with Crippen molar-refractivity contribution >= 4 is 16.2 Å². The lowest BCUT2D eigenvalue weighted by molar-refractivity contribution is 0.0468. The van der Waals surface area contributed by atoms with Gasteiger partial charge in [0, 0.05) is 0 Å². The van der Waals surface area contributed by atoms with Crippen molar-refractivity contribution in [2.75, 3.05) is 6.26 Å². The number of hydrogen-bond donors (Lipinski definition) is 1. The van der Waals surface area contributed by atoms with E-state index in [1.54, 1.807) is 20.8 Å². The van der Waals surface area contributed by atoms with Crippen LogP contribution in [0.2, 0.25) is 0 Å². The third-order valence-corrected chi connectivity index (χ3v) is 3.49. The van der Waals surface area contributed by atoms with Crippen LogP contribution in [0.3, 0.4) is 0 Å². The number of carbonyl (C=O) groups is 1. The maximum Gasteiger partial charge on any atom is 0.407 e. The maximum absolute atomic E-state index is 12.1. The van der Waals surface area contributed by atoms with Gasteiger partial charge in [-0.2, -0.15) is 8.42 Å². The fourth-order valence-corrected chi connectivity index (χ4v) is 2.67. The van der Waals surface area contributed by atoms with Gasteiger partial charge in [-0.05, 0) is 32.8 Å². The predicted molar refractivity (Wildman–Crippen MR) is 93.2 cm³/mol. The highest BCUT2D eigenvalue weighted by atomic mass is 32.2. The normalized spacial score (nSPS) is 14.5. The minimum absolute atomic E-state index is 0.367. The monoisotopic (exact) mass is 355 g/mol. The van der Waals surface area contributed by atoms with Gasteiger partial charge in [0.2, 0.25) is 0 Å². The number of benzene rings is 1. The molecule has 1 aromatic carbocycles. The quantitative estimate of drug-likeness (QED) is 0.601. The molecular weight excluding hydrogens is 330 g/mol. The van der Waals surface area contributed by atoms with Crippen LogP contribution in [0.15, 0.2) is 43.0 Å². The fourth-order valence-electron chi connectivity index (χ4n) is 2.05. The summed E-state index contributed by atoms with van der Waals surface area (Å²) in [5, 5.41) is 2.67. The molecule has 0 aliphatic rings. The highest BCUT2D eigenvalue weighted by molar-refractivity contribution is 7.86. The van der Waals surface area contributed by atoms with E-state index < -0.39 is 34.0 Å². The molecule has 0 aliphatic carbocycles. The Morgan fingerprint density at radius 2 is 1.88 bits per heavy atom. The number of carbonyl (C=O) groups excluding carboxylic acids is 1. The fraction of sp³-hybridized carbons (Fsp3) is 0.471. The average molecular weight is 355 g/mol. The second-order valence-corrected chi connectivity index (χ2v) is 8.04. The molecule has 24 heavy (non-hydrogen) atoms. The SMILES string of the molecule is C=CC(OS(C)(=O)=O)C(Cc1ccccc1)NC(=O)OC(C)(C)C. The van der Waals surface area contributed by atoms with Gasteiger partial charge < -0.3 is 10.1 Å². The number of amides is 1. The van der Waals surface area contributed by atoms with Crippen molar-refractivity contribution in [3.63, 3.8) is 0 Å². The molecule has 2 atom stereocenters. The average Bonchev–Trinajstić information content (AvgIpc) is 2.42. The summed E-state index contributed by atoms with van der Waals surface area (Å²) in [6.45, 7) is 8.85. The zero-order valence-electron chi connectivity index (χ0n) is 14.5. The molecule has 1 rings (SSSR count). The molecule has 0 spiro atoms. The van der Waals surface area contributed by atoms with Crippen molar-refractivity contribution in [2.45, 2.75) is 44.9 Å². The predicted octanol–water partition coefficient (Wildman–Crippen LogP) is 2.65. The van der Waals surface area contributed by atoms with Crippen LogP contribution in [-0.4, -0.2) is 38.5 Å².